The van der Waals surface area contributed by atoms with Crippen LogP contribution in [0.2, 0.25) is 0 Å². The van der Waals surface area contributed by atoms with E-state index in [-0.39, 0.29) is 23.1 Å². The lowest BCUT2D eigenvalue weighted by molar-refractivity contribution is -0.122. The van der Waals surface area contributed by atoms with E-state index in [0.717, 1.165) is 22.0 Å². The number of para-hydroxylation sites is 2. The van der Waals surface area contributed by atoms with Crippen molar-refractivity contribution in [1.82, 2.24) is 9.88 Å². The van der Waals surface area contributed by atoms with E-state index in [2.05, 4.69) is 10.6 Å². The number of nitrogens with one attached hydrogen (secondary N) is 2. The number of nitrogens with zero attached hydrogens (tertiary/aromatic N) is 2. The van der Waals surface area contributed by atoms with E-state index in [9.17, 15) is 14.4 Å². The number of aryl methyl sites for hydroxylation is 1. The van der Waals surface area contributed by atoms with Crippen molar-refractivity contribution in [2.75, 3.05) is 10.2 Å². The smallest absolute Gasteiger partial charge is 0.270 e. The molecular weight excluding hydrogens is 484 g/mol. The fourth-order valence-corrected chi connectivity index (χ4v) is 4.68. The molecule has 5 rings (SSSR count). The molecule has 1 aromatic heterocycles. The van der Waals surface area contributed by atoms with Gasteiger partial charge in [-0.25, -0.2) is 0 Å². The summed E-state index contributed by atoms with van der Waals surface area (Å²) < 4.78 is 1.80. The number of amides is 3. The Morgan fingerprint density at radius 2 is 1.70 bits per heavy atom. The quantitative estimate of drug-likeness (QED) is 0.232. The van der Waals surface area contributed by atoms with Crippen molar-refractivity contribution in [3.8, 4) is 0 Å². The van der Waals surface area contributed by atoms with Crippen LogP contribution in [0.1, 0.15) is 16.7 Å². The summed E-state index contributed by atoms with van der Waals surface area (Å²) in [6.45, 7) is 3.93. The molecule has 0 spiro atoms. The van der Waals surface area contributed by atoms with Gasteiger partial charge in [-0.1, -0.05) is 48.5 Å². The van der Waals surface area contributed by atoms with Crippen molar-refractivity contribution >= 4 is 63.4 Å². The number of aromatic nitrogens is 1. The molecule has 1 fully saturated rings. The lowest BCUT2D eigenvalue weighted by Gasteiger charge is -2.30. The number of rotatable bonds is 5. The number of fused-ring (bicyclic) bond motifs is 1. The third kappa shape index (κ3) is 4.66. The first-order chi connectivity index (χ1) is 17.8. The summed E-state index contributed by atoms with van der Waals surface area (Å²) in [4.78, 5) is 40.6. The minimum Gasteiger partial charge on any atom is -0.337 e. The Kier molecular flexibility index (Phi) is 6.42. The van der Waals surface area contributed by atoms with Crippen molar-refractivity contribution in [2.45, 2.75) is 20.4 Å². The van der Waals surface area contributed by atoms with Crippen LogP contribution in [-0.2, 0) is 20.9 Å². The molecule has 37 heavy (non-hydrogen) atoms. The van der Waals surface area contributed by atoms with Crippen LogP contribution in [0.3, 0.4) is 0 Å². The normalized spacial score (nSPS) is 14.8. The monoisotopic (exact) mass is 508 g/mol. The fourth-order valence-electron chi connectivity index (χ4n) is 4.41. The van der Waals surface area contributed by atoms with Gasteiger partial charge in [0, 0.05) is 28.4 Å². The molecule has 0 radical (unpaired) electrons. The number of anilines is 2. The van der Waals surface area contributed by atoms with Gasteiger partial charge < -0.3 is 9.88 Å². The van der Waals surface area contributed by atoms with Gasteiger partial charge in [0.2, 0.25) is 5.91 Å². The van der Waals surface area contributed by atoms with Crippen LogP contribution in [0, 0.1) is 13.8 Å². The number of carbonyl (C=O) groups is 3. The van der Waals surface area contributed by atoms with Gasteiger partial charge in [0.05, 0.1) is 5.69 Å². The maximum Gasteiger partial charge on any atom is 0.270 e. The van der Waals surface area contributed by atoms with Crippen LogP contribution >= 0.6 is 12.2 Å². The highest BCUT2D eigenvalue weighted by molar-refractivity contribution is 7.80. The zero-order valence-corrected chi connectivity index (χ0v) is 21.1. The highest BCUT2D eigenvalue weighted by atomic mass is 32.1. The zero-order chi connectivity index (χ0) is 26.1. The maximum absolute atomic E-state index is 13.6. The second-order valence-corrected chi connectivity index (χ2v) is 9.21. The highest BCUT2D eigenvalue weighted by Gasteiger charge is 2.35. The molecule has 0 aliphatic carbocycles. The van der Waals surface area contributed by atoms with Gasteiger partial charge in [-0.2, -0.15) is 0 Å². The third-order valence-electron chi connectivity index (χ3n) is 6.41. The first-order valence-corrected chi connectivity index (χ1v) is 12.1. The Balaban J connectivity index is 1.51. The first kappa shape index (κ1) is 24.1. The number of thiocarbonyl (C=S) groups is 1. The molecule has 0 atom stereocenters. The number of benzene rings is 3. The lowest BCUT2D eigenvalue weighted by atomic mass is 10.0. The van der Waals surface area contributed by atoms with Gasteiger partial charge in [0.25, 0.3) is 11.8 Å². The van der Waals surface area contributed by atoms with E-state index < -0.39 is 11.8 Å². The van der Waals surface area contributed by atoms with E-state index in [1.807, 2.05) is 80.6 Å². The predicted molar refractivity (Wildman–Crippen MR) is 149 cm³/mol. The van der Waals surface area contributed by atoms with Crippen LogP contribution < -0.4 is 15.5 Å². The summed E-state index contributed by atoms with van der Waals surface area (Å²) >= 11 is 5.36. The second kappa shape index (κ2) is 9.83. The van der Waals surface area contributed by atoms with Crippen LogP contribution in [0.15, 0.2) is 84.6 Å². The van der Waals surface area contributed by atoms with Crippen molar-refractivity contribution in [2.24, 2.45) is 0 Å². The molecule has 184 valence electrons. The summed E-state index contributed by atoms with van der Waals surface area (Å²) in [5, 5.41) is 6.39. The molecule has 4 aromatic rings. The van der Waals surface area contributed by atoms with Crippen LogP contribution in [0.4, 0.5) is 11.4 Å². The summed E-state index contributed by atoms with van der Waals surface area (Å²) in [6, 6.07) is 22.4. The molecule has 2 heterocycles. The van der Waals surface area contributed by atoms with Gasteiger partial charge >= 0.3 is 0 Å². The zero-order valence-electron chi connectivity index (χ0n) is 20.3. The molecule has 0 unspecified atom stereocenters. The van der Waals surface area contributed by atoms with Gasteiger partial charge in [-0.3, -0.25) is 24.6 Å². The summed E-state index contributed by atoms with van der Waals surface area (Å²) in [5.74, 6) is -1.25. The molecule has 1 aliphatic rings. The molecule has 0 bridgehead atoms. The Bertz CT molecular complexity index is 1600. The molecule has 1 aliphatic heterocycles. The van der Waals surface area contributed by atoms with Crippen LogP contribution in [0.25, 0.3) is 17.0 Å². The average molecular weight is 509 g/mol. The minimum absolute atomic E-state index is 0.0360. The first-order valence-electron chi connectivity index (χ1n) is 11.7. The molecule has 0 saturated carbocycles. The maximum atomic E-state index is 13.6. The SMILES string of the molecule is Cc1cccc(N2C(=O)/C(=C\c3cn(CC(=O)Nc4ccccc4)c4ccccc34)C(=O)NC2=S)c1C. The summed E-state index contributed by atoms with van der Waals surface area (Å²) in [7, 11) is 0. The second-order valence-electron chi connectivity index (χ2n) is 8.82. The third-order valence-corrected chi connectivity index (χ3v) is 6.69. The molecule has 3 aromatic carbocycles. The van der Waals surface area contributed by atoms with E-state index >= 15 is 0 Å². The Morgan fingerprint density at radius 1 is 0.973 bits per heavy atom. The number of carbonyl (C=O) groups excluding carboxylic acids is 3. The molecule has 1 saturated heterocycles. The summed E-state index contributed by atoms with van der Waals surface area (Å²) in [5.41, 5.74) is 4.66. The van der Waals surface area contributed by atoms with E-state index in [0.29, 0.717) is 16.9 Å². The molecule has 2 N–H and O–H groups in total. The minimum atomic E-state index is -0.560. The molecule has 3 amide bonds. The molecular formula is C29H24N4O3S. The standard InChI is InChI=1S/C29H24N4O3S/c1-18-9-8-14-24(19(18)2)33-28(36)23(27(35)31-29(33)37)15-20-16-32(25-13-7-6-12-22(20)25)17-26(34)30-21-10-4-3-5-11-21/h3-16H,17H2,1-2H3,(H,30,34)(H,31,35,37)/b23-15-. The van der Waals surface area contributed by atoms with Gasteiger partial charge in [0.15, 0.2) is 5.11 Å². The van der Waals surface area contributed by atoms with E-state index in [1.54, 1.807) is 22.9 Å². The topological polar surface area (TPSA) is 83.4 Å². The van der Waals surface area contributed by atoms with Gasteiger partial charge in [-0.05, 0) is 67.5 Å². The lowest BCUT2D eigenvalue weighted by Crippen LogP contribution is -2.54. The van der Waals surface area contributed by atoms with Crippen molar-refractivity contribution in [3.05, 3.63) is 101 Å². The van der Waals surface area contributed by atoms with E-state index in [4.69, 9.17) is 12.2 Å². The molecule has 8 heteroatoms. The average Bonchev–Trinajstić information content (AvgIpc) is 3.21. The molecule has 7 nitrogen and oxygen atoms in total. The fraction of sp³-hybridized carbons (Fsp3) is 0.103. The van der Waals surface area contributed by atoms with Crippen molar-refractivity contribution < 1.29 is 14.4 Å². The Morgan fingerprint density at radius 3 is 2.49 bits per heavy atom. The highest BCUT2D eigenvalue weighted by Crippen LogP contribution is 2.29. The summed E-state index contributed by atoms with van der Waals surface area (Å²) in [6.07, 6.45) is 3.34. The number of hydrogen-bond donors (Lipinski definition) is 2. The van der Waals surface area contributed by atoms with Crippen LogP contribution in [0.5, 0.6) is 0 Å². The predicted octanol–water partition coefficient (Wildman–Crippen LogP) is 4.73. The Hall–Kier alpha value is -4.56. The van der Waals surface area contributed by atoms with Crippen LogP contribution in [-0.4, -0.2) is 27.4 Å². The van der Waals surface area contributed by atoms with E-state index in [1.165, 1.54) is 4.90 Å². The number of hydrogen-bond acceptors (Lipinski definition) is 4. The largest absolute Gasteiger partial charge is 0.337 e. The van der Waals surface area contributed by atoms with Gasteiger partial charge in [-0.15, -0.1) is 0 Å². The van der Waals surface area contributed by atoms with Gasteiger partial charge in [0.1, 0.15) is 12.1 Å². The Labute approximate surface area is 219 Å². The van der Waals surface area contributed by atoms with Crippen molar-refractivity contribution in [1.29, 1.82) is 0 Å². The van der Waals surface area contributed by atoms with Crippen molar-refractivity contribution in [3.63, 3.8) is 0 Å².